The van der Waals surface area contributed by atoms with Crippen molar-refractivity contribution in [2.24, 2.45) is 10.7 Å². The standard InChI is InChI=1S/C12H14ClN5/c1-3-15-11(14)18-12-16-7(2)9-5-4-8(13)6-10(9)17-12/h4-6H,3H2,1-2H3,(H3,14,15,16,17,18). The highest BCUT2D eigenvalue weighted by Gasteiger charge is 2.05. The third kappa shape index (κ3) is 2.68. The van der Waals surface area contributed by atoms with E-state index in [2.05, 4.69) is 20.3 Å². The molecule has 0 fully saturated rings. The monoisotopic (exact) mass is 263 g/mol. The first-order valence-corrected chi connectivity index (χ1v) is 5.99. The molecule has 0 unspecified atom stereocenters. The molecule has 0 spiro atoms. The Morgan fingerprint density at radius 3 is 2.94 bits per heavy atom. The third-order valence-electron chi connectivity index (χ3n) is 2.42. The lowest BCUT2D eigenvalue weighted by Gasteiger charge is -2.07. The second-order valence-electron chi connectivity index (χ2n) is 3.78. The summed E-state index contributed by atoms with van der Waals surface area (Å²) < 4.78 is 0. The molecule has 0 atom stereocenters. The number of nitrogens with two attached hydrogens (primary N) is 1. The van der Waals surface area contributed by atoms with Crippen molar-refractivity contribution in [2.75, 3.05) is 11.9 Å². The van der Waals surface area contributed by atoms with Crippen LogP contribution in [0.3, 0.4) is 0 Å². The van der Waals surface area contributed by atoms with Gasteiger partial charge in [-0.05, 0) is 32.0 Å². The van der Waals surface area contributed by atoms with E-state index >= 15 is 0 Å². The molecule has 0 saturated heterocycles. The van der Waals surface area contributed by atoms with Gasteiger partial charge in [0.25, 0.3) is 0 Å². The highest BCUT2D eigenvalue weighted by Crippen LogP contribution is 2.20. The molecule has 94 valence electrons. The second kappa shape index (κ2) is 5.18. The van der Waals surface area contributed by atoms with E-state index in [1.807, 2.05) is 26.0 Å². The molecule has 0 amide bonds. The highest BCUT2D eigenvalue weighted by molar-refractivity contribution is 6.31. The second-order valence-corrected chi connectivity index (χ2v) is 4.22. The SMILES string of the molecule is CCN=C(N)Nc1nc(C)c2ccc(Cl)cc2n1. The van der Waals surface area contributed by atoms with Gasteiger partial charge in [-0.2, -0.15) is 0 Å². The molecular formula is C12H14ClN5. The van der Waals surface area contributed by atoms with Crippen molar-refractivity contribution < 1.29 is 0 Å². The maximum Gasteiger partial charge on any atom is 0.230 e. The van der Waals surface area contributed by atoms with E-state index in [0.717, 1.165) is 16.6 Å². The van der Waals surface area contributed by atoms with Crippen LogP contribution in [0.1, 0.15) is 12.6 Å². The van der Waals surface area contributed by atoms with Gasteiger partial charge in [-0.15, -0.1) is 0 Å². The Morgan fingerprint density at radius 1 is 1.44 bits per heavy atom. The zero-order valence-electron chi connectivity index (χ0n) is 10.2. The summed E-state index contributed by atoms with van der Waals surface area (Å²) in [6, 6.07) is 5.52. The van der Waals surface area contributed by atoms with Gasteiger partial charge in [0.05, 0.1) is 11.2 Å². The molecule has 6 heteroatoms. The number of aliphatic imine (C=N–C) groups is 1. The van der Waals surface area contributed by atoms with Gasteiger partial charge in [0, 0.05) is 17.0 Å². The van der Waals surface area contributed by atoms with Crippen molar-refractivity contribution in [3.05, 3.63) is 28.9 Å². The average Bonchev–Trinajstić information content (AvgIpc) is 2.28. The first-order chi connectivity index (χ1) is 8.60. The predicted molar refractivity (Wildman–Crippen MR) is 75.1 cm³/mol. The minimum absolute atomic E-state index is 0.304. The van der Waals surface area contributed by atoms with Crippen LogP contribution in [-0.4, -0.2) is 22.5 Å². The van der Waals surface area contributed by atoms with E-state index in [0.29, 0.717) is 23.5 Å². The fourth-order valence-corrected chi connectivity index (χ4v) is 1.81. The van der Waals surface area contributed by atoms with Gasteiger partial charge in [0.15, 0.2) is 5.96 Å². The molecule has 0 bridgehead atoms. The lowest BCUT2D eigenvalue weighted by Crippen LogP contribution is -2.24. The maximum atomic E-state index is 5.95. The Hall–Kier alpha value is -1.88. The third-order valence-corrected chi connectivity index (χ3v) is 2.65. The quantitative estimate of drug-likeness (QED) is 0.644. The Bertz CT molecular complexity index is 609. The summed E-state index contributed by atoms with van der Waals surface area (Å²) >= 11 is 5.95. The summed E-state index contributed by atoms with van der Waals surface area (Å²) in [5, 5.41) is 4.47. The van der Waals surface area contributed by atoms with Crippen molar-refractivity contribution in [3.63, 3.8) is 0 Å². The van der Waals surface area contributed by atoms with E-state index in [1.54, 1.807) is 6.07 Å². The molecule has 0 aliphatic rings. The number of anilines is 1. The van der Waals surface area contributed by atoms with Crippen LogP contribution in [0.25, 0.3) is 10.9 Å². The van der Waals surface area contributed by atoms with Gasteiger partial charge < -0.3 is 5.73 Å². The number of benzene rings is 1. The number of halogens is 1. The topological polar surface area (TPSA) is 76.2 Å². The smallest absolute Gasteiger partial charge is 0.230 e. The molecule has 3 N–H and O–H groups in total. The number of hydrogen-bond acceptors (Lipinski definition) is 3. The molecule has 2 rings (SSSR count). The Kier molecular flexibility index (Phi) is 3.62. The number of aryl methyl sites for hydroxylation is 1. The zero-order valence-corrected chi connectivity index (χ0v) is 11.0. The van der Waals surface area contributed by atoms with Crippen LogP contribution in [0, 0.1) is 6.92 Å². The molecule has 0 saturated carbocycles. The van der Waals surface area contributed by atoms with Gasteiger partial charge in [-0.1, -0.05) is 11.6 Å². The molecule has 0 aliphatic heterocycles. The summed E-state index contributed by atoms with van der Waals surface area (Å²) in [6.45, 7) is 4.42. The number of nitrogens with one attached hydrogen (secondary N) is 1. The molecule has 1 aromatic carbocycles. The summed E-state index contributed by atoms with van der Waals surface area (Å²) in [5.41, 5.74) is 7.32. The van der Waals surface area contributed by atoms with Crippen LogP contribution in [0.5, 0.6) is 0 Å². The fraction of sp³-hybridized carbons (Fsp3) is 0.250. The molecule has 0 aliphatic carbocycles. The van der Waals surface area contributed by atoms with Gasteiger partial charge in [0.2, 0.25) is 5.95 Å². The first-order valence-electron chi connectivity index (χ1n) is 5.61. The van der Waals surface area contributed by atoms with E-state index < -0.39 is 0 Å². The van der Waals surface area contributed by atoms with Crippen molar-refractivity contribution in [1.29, 1.82) is 0 Å². The minimum Gasteiger partial charge on any atom is -0.370 e. The number of nitrogens with zero attached hydrogens (tertiary/aromatic N) is 3. The molecule has 5 nitrogen and oxygen atoms in total. The summed E-state index contributed by atoms with van der Waals surface area (Å²) in [7, 11) is 0. The fourth-order valence-electron chi connectivity index (χ4n) is 1.64. The Morgan fingerprint density at radius 2 is 2.22 bits per heavy atom. The van der Waals surface area contributed by atoms with Crippen LogP contribution in [-0.2, 0) is 0 Å². The van der Waals surface area contributed by atoms with E-state index in [1.165, 1.54) is 0 Å². The molecule has 1 aromatic heterocycles. The summed E-state index contributed by atoms with van der Waals surface area (Å²) in [5.74, 6) is 0.732. The van der Waals surface area contributed by atoms with Crippen LogP contribution in [0.2, 0.25) is 5.02 Å². The van der Waals surface area contributed by atoms with Crippen molar-refractivity contribution >= 4 is 34.4 Å². The predicted octanol–water partition coefficient (Wildman–Crippen LogP) is 2.34. The number of aromatic nitrogens is 2. The van der Waals surface area contributed by atoms with Crippen LogP contribution >= 0.6 is 11.6 Å². The van der Waals surface area contributed by atoms with Gasteiger partial charge >= 0.3 is 0 Å². The van der Waals surface area contributed by atoms with Crippen LogP contribution in [0.15, 0.2) is 23.2 Å². The summed E-state index contributed by atoms with van der Waals surface area (Å²) in [4.78, 5) is 12.7. The van der Waals surface area contributed by atoms with Crippen molar-refractivity contribution in [3.8, 4) is 0 Å². The van der Waals surface area contributed by atoms with Gasteiger partial charge in [-0.25, -0.2) is 9.97 Å². The lowest BCUT2D eigenvalue weighted by molar-refractivity contribution is 1.10. The maximum absolute atomic E-state index is 5.95. The first kappa shape index (κ1) is 12.6. The molecule has 1 heterocycles. The molecule has 0 radical (unpaired) electrons. The van der Waals surface area contributed by atoms with Crippen LogP contribution in [0.4, 0.5) is 5.95 Å². The zero-order chi connectivity index (χ0) is 13.1. The van der Waals surface area contributed by atoms with E-state index in [4.69, 9.17) is 17.3 Å². The largest absolute Gasteiger partial charge is 0.370 e. The molecule has 18 heavy (non-hydrogen) atoms. The molecular weight excluding hydrogens is 250 g/mol. The summed E-state index contributed by atoms with van der Waals surface area (Å²) in [6.07, 6.45) is 0. The Labute approximate surface area is 110 Å². The normalized spacial score (nSPS) is 11.8. The minimum atomic E-state index is 0.304. The number of guanidine groups is 1. The average molecular weight is 264 g/mol. The van der Waals surface area contributed by atoms with Gasteiger partial charge in [0.1, 0.15) is 0 Å². The van der Waals surface area contributed by atoms with Crippen LogP contribution < -0.4 is 11.1 Å². The lowest BCUT2D eigenvalue weighted by atomic mass is 10.2. The van der Waals surface area contributed by atoms with Gasteiger partial charge in [-0.3, -0.25) is 10.3 Å². The Balaban J connectivity index is 2.44. The van der Waals surface area contributed by atoms with Crippen molar-refractivity contribution in [2.45, 2.75) is 13.8 Å². The number of rotatable bonds is 2. The van der Waals surface area contributed by atoms with E-state index in [9.17, 15) is 0 Å². The van der Waals surface area contributed by atoms with E-state index in [-0.39, 0.29) is 0 Å². The molecule has 2 aromatic rings. The highest BCUT2D eigenvalue weighted by atomic mass is 35.5. The number of hydrogen-bond donors (Lipinski definition) is 2. The number of fused-ring (bicyclic) bond motifs is 1. The van der Waals surface area contributed by atoms with Crippen molar-refractivity contribution in [1.82, 2.24) is 9.97 Å².